The Morgan fingerprint density at radius 3 is 3.00 bits per heavy atom. The lowest BCUT2D eigenvalue weighted by atomic mass is 10.3. The number of nitrogens with two attached hydrogens (primary N) is 1. The van der Waals surface area contributed by atoms with Crippen LogP contribution in [0.1, 0.15) is 6.42 Å². The molecule has 0 spiro atoms. The molecule has 2 N–H and O–H groups in total. The zero-order valence-corrected chi connectivity index (χ0v) is 11.7. The zero-order chi connectivity index (χ0) is 13.5. The van der Waals surface area contributed by atoms with E-state index in [1.807, 2.05) is 0 Å². The van der Waals surface area contributed by atoms with E-state index >= 15 is 0 Å². The summed E-state index contributed by atoms with van der Waals surface area (Å²) >= 11 is 0. The third-order valence-electron chi connectivity index (χ3n) is 3.21. The number of rotatable bonds is 3. The van der Waals surface area contributed by atoms with Gasteiger partial charge in [-0.1, -0.05) is 9.13 Å². The maximum absolute atomic E-state index is 11.7. The first-order valence-electron chi connectivity index (χ1n) is 5.58. The van der Waals surface area contributed by atoms with Crippen LogP contribution in [0.5, 0.6) is 0 Å². The number of imidazole rings is 1. The van der Waals surface area contributed by atoms with Gasteiger partial charge in [0.05, 0.1) is 6.61 Å². The normalized spacial score (nSPS) is 27.5. The van der Waals surface area contributed by atoms with Crippen molar-refractivity contribution in [2.75, 3.05) is 12.3 Å². The van der Waals surface area contributed by atoms with Crippen LogP contribution in [0, 0.1) is 0 Å². The predicted octanol–water partition coefficient (Wildman–Crippen LogP) is 0.856. The molecule has 0 aliphatic carbocycles. The molecule has 1 aliphatic rings. The molecule has 0 amide bonds. The fourth-order valence-electron chi connectivity index (χ4n) is 2.25. The summed E-state index contributed by atoms with van der Waals surface area (Å²) in [5, 5.41) is 0. The van der Waals surface area contributed by atoms with Crippen molar-refractivity contribution >= 4 is 33.9 Å². The Morgan fingerprint density at radius 1 is 1.42 bits per heavy atom. The van der Waals surface area contributed by atoms with Gasteiger partial charge in [0, 0.05) is 6.42 Å². The monoisotopic (exact) mass is 299 g/mol. The third kappa shape index (κ3) is 1.68. The van der Waals surface area contributed by atoms with E-state index in [0.717, 1.165) is 0 Å². The van der Waals surface area contributed by atoms with Crippen molar-refractivity contribution in [1.82, 2.24) is 19.5 Å². The van der Waals surface area contributed by atoms with E-state index < -0.39 is 22.4 Å². The maximum Gasteiger partial charge on any atom is 0.395 e. The number of nitrogen functional groups attached to an aromatic ring is 1. The number of fused-ring (bicyclic) bond motifs is 1. The van der Waals surface area contributed by atoms with Gasteiger partial charge in [-0.15, -0.1) is 0 Å². The van der Waals surface area contributed by atoms with Crippen LogP contribution in [0.2, 0.25) is 0 Å². The molecule has 1 fully saturated rings. The van der Waals surface area contributed by atoms with Gasteiger partial charge in [0.2, 0.25) is 0 Å². The smallest absolute Gasteiger partial charge is 0.382 e. The molecule has 4 unspecified atom stereocenters. The Labute approximate surface area is 110 Å². The van der Waals surface area contributed by atoms with Gasteiger partial charge in [-0.25, -0.2) is 19.5 Å². The van der Waals surface area contributed by atoms with Crippen molar-refractivity contribution in [2.45, 2.75) is 17.5 Å². The summed E-state index contributed by atoms with van der Waals surface area (Å²) in [5.41, 5.74) is 5.05. The molecule has 8 nitrogen and oxygen atoms in total. The van der Waals surface area contributed by atoms with Gasteiger partial charge in [0.25, 0.3) is 5.66 Å². The summed E-state index contributed by atoms with van der Waals surface area (Å²) in [6, 6.07) is 0. The van der Waals surface area contributed by atoms with Crippen LogP contribution in [0.15, 0.2) is 12.7 Å². The molecule has 2 aromatic heterocycles. The molecule has 3 heterocycles. The van der Waals surface area contributed by atoms with Crippen LogP contribution in [0.25, 0.3) is 11.2 Å². The molecule has 10 heteroatoms. The largest absolute Gasteiger partial charge is 0.395 e. The summed E-state index contributed by atoms with van der Waals surface area (Å²) in [5.74, 6) is 0.243. The standard InChI is InChI=1S/C9H9N5O3P2/c10-7-6-8(12-3-11-7)14(4-13-6)9(19-16)5(18-15)1-2-17-9/h3-5H,1-2H2,(H2,10,11,12)/p+2. The van der Waals surface area contributed by atoms with Crippen molar-refractivity contribution in [3.63, 3.8) is 0 Å². The summed E-state index contributed by atoms with van der Waals surface area (Å²) in [7, 11) is -1.44. The Bertz CT molecular complexity index is 662. The lowest BCUT2D eigenvalue weighted by Crippen LogP contribution is -2.33. The first-order valence-corrected chi connectivity index (χ1v) is 7.47. The molecule has 0 radical (unpaired) electrons. The fourth-order valence-corrected chi connectivity index (χ4v) is 3.93. The topological polar surface area (TPSA) is 113 Å². The minimum atomic E-state index is -1.17. The number of hydrogen-bond donors (Lipinski definition) is 1. The van der Waals surface area contributed by atoms with Gasteiger partial charge in [-0.3, -0.25) is 0 Å². The van der Waals surface area contributed by atoms with E-state index in [9.17, 15) is 9.13 Å². The summed E-state index contributed by atoms with van der Waals surface area (Å²) in [6.45, 7) is 0.398. The Morgan fingerprint density at radius 2 is 2.26 bits per heavy atom. The molecule has 1 saturated heterocycles. The number of nitrogens with zero attached hydrogens (tertiary/aromatic N) is 4. The van der Waals surface area contributed by atoms with E-state index in [-0.39, 0.29) is 11.5 Å². The van der Waals surface area contributed by atoms with Crippen LogP contribution in [-0.4, -0.2) is 31.8 Å². The summed E-state index contributed by atoms with van der Waals surface area (Å²) < 4.78 is 30.2. The first kappa shape index (κ1) is 12.5. The second kappa shape index (κ2) is 4.56. The second-order valence-corrected chi connectivity index (χ2v) is 6.00. The highest BCUT2D eigenvalue weighted by Gasteiger charge is 2.60. The zero-order valence-electron chi connectivity index (χ0n) is 9.74. The first-order chi connectivity index (χ1) is 9.23. The third-order valence-corrected chi connectivity index (χ3v) is 5.49. The van der Waals surface area contributed by atoms with E-state index in [4.69, 9.17) is 10.5 Å². The minimum Gasteiger partial charge on any atom is -0.382 e. The van der Waals surface area contributed by atoms with E-state index in [2.05, 4.69) is 15.0 Å². The van der Waals surface area contributed by atoms with E-state index in [1.165, 1.54) is 12.7 Å². The molecule has 4 atom stereocenters. The van der Waals surface area contributed by atoms with E-state index in [1.54, 1.807) is 4.57 Å². The van der Waals surface area contributed by atoms with Crippen LogP contribution < -0.4 is 5.73 Å². The highest BCUT2D eigenvalue weighted by atomic mass is 31.1. The number of aromatic nitrogens is 4. The predicted molar refractivity (Wildman–Crippen MR) is 70.1 cm³/mol. The molecule has 1 aliphatic heterocycles. The van der Waals surface area contributed by atoms with Crippen LogP contribution in [0.3, 0.4) is 0 Å². The van der Waals surface area contributed by atoms with Crippen LogP contribution in [-0.2, 0) is 19.3 Å². The minimum absolute atomic E-state index is 0.243. The Balaban J connectivity index is 2.25. The second-order valence-electron chi connectivity index (χ2n) is 4.15. The molecular weight excluding hydrogens is 288 g/mol. The number of ether oxygens (including phenoxy) is 1. The molecule has 3 rings (SSSR count). The lowest BCUT2D eigenvalue weighted by molar-refractivity contribution is 0.0213. The highest BCUT2D eigenvalue weighted by molar-refractivity contribution is 7.30. The van der Waals surface area contributed by atoms with Crippen molar-refractivity contribution in [3.05, 3.63) is 12.7 Å². The number of anilines is 1. The fraction of sp³-hybridized carbons (Fsp3) is 0.444. The van der Waals surface area contributed by atoms with Gasteiger partial charge in [-0.05, 0) is 0 Å². The summed E-state index contributed by atoms with van der Waals surface area (Å²) in [6.07, 6.45) is 3.34. The molecule has 2 aromatic rings. The molecule has 0 saturated carbocycles. The van der Waals surface area contributed by atoms with Crippen LogP contribution >= 0.6 is 16.9 Å². The van der Waals surface area contributed by atoms with Gasteiger partial charge in [0.15, 0.2) is 11.5 Å². The molecular formula is C9H11N5O3P2+2. The molecule has 0 bridgehead atoms. The van der Waals surface area contributed by atoms with Crippen molar-refractivity contribution in [2.24, 2.45) is 0 Å². The quantitative estimate of drug-likeness (QED) is 0.836. The molecule has 19 heavy (non-hydrogen) atoms. The Hall–Kier alpha value is -1.49. The summed E-state index contributed by atoms with van der Waals surface area (Å²) in [4.78, 5) is 12.1. The molecule has 98 valence electrons. The average molecular weight is 299 g/mol. The van der Waals surface area contributed by atoms with Crippen molar-refractivity contribution < 1.29 is 13.9 Å². The SMILES string of the molecule is Nc1ncnc2c1ncn2C1([PH+]=O)OCCC1[PH+]=O. The van der Waals surface area contributed by atoms with Gasteiger partial charge >= 0.3 is 22.4 Å². The van der Waals surface area contributed by atoms with Gasteiger partial charge in [-0.2, -0.15) is 0 Å². The van der Waals surface area contributed by atoms with E-state index in [0.29, 0.717) is 24.2 Å². The van der Waals surface area contributed by atoms with Crippen molar-refractivity contribution in [1.29, 1.82) is 0 Å². The van der Waals surface area contributed by atoms with Gasteiger partial charge in [0.1, 0.15) is 18.2 Å². The van der Waals surface area contributed by atoms with Crippen molar-refractivity contribution in [3.8, 4) is 0 Å². The Kier molecular flexibility index (Phi) is 3.01. The van der Waals surface area contributed by atoms with Crippen LogP contribution in [0.4, 0.5) is 5.82 Å². The maximum atomic E-state index is 11.7. The lowest BCUT2D eigenvalue weighted by Gasteiger charge is -2.15. The highest BCUT2D eigenvalue weighted by Crippen LogP contribution is 2.47. The average Bonchev–Trinajstić information content (AvgIpc) is 3.02. The number of hydrogen-bond acceptors (Lipinski definition) is 7. The molecule has 0 aromatic carbocycles. The van der Waals surface area contributed by atoms with Gasteiger partial charge < -0.3 is 10.5 Å².